The first kappa shape index (κ1) is 20.6. The Morgan fingerprint density at radius 1 is 1.28 bits per heavy atom. The van der Waals surface area contributed by atoms with Crippen LogP contribution in [-0.4, -0.2) is 17.6 Å². The summed E-state index contributed by atoms with van der Waals surface area (Å²) in [7, 11) is 0. The van der Waals surface area contributed by atoms with Gasteiger partial charge in [0.2, 0.25) is 0 Å². The summed E-state index contributed by atoms with van der Waals surface area (Å²) in [5.41, 5.74) is 4.41. The van der Waals surface area contributed by atoms with Gasteiger partial charge in [0.15, 0.2) is 0 Å². The molecule has 5 atom stereocenters. The number of aryl methyl sites for hydroxylation is 1. The third kappa shape index (κ3) is 4.15. The van der Waals surface area contributed by atoms with E-state index in [2.05, 4.69) is 44.1 Å². The molecule has 0 radical (unpaired) electrons. The zero-order valence-corrected chi connectivity index (χ0v) is 18.5. The maximum absolute atomic E-state index is 12.2. The van der Waals surface area contributed by atoms with E-state index in [1.165, 1.54) is 49.7 Å². The molecule has 0 spiro atoms. The molecule has 0 amide bonds. The van der Waals surface area contributed by atoms with Gasteiger partial charge in [-0.15, -0.1) is 0 Å². The summed E-state index contributed by atoms with van der Waals surface area (Å²) in [4.78, 5) is 16.6. The van der Waals surface area contributed by atoms with Crippen molar-refractivity contribution < 1.29 is 9.53 Å². The lowest BCUT2D eigenvalue weighted by Gasteiger charge is -2.51. The van der Waals surface area contributed by atoms with Gasteiger partial charge >= 0.3 is 5.97 Å². The number of carbonyl (C=O) groups excluding carboxylic acids is 1. The number of allylic oxidation sites excluding steroid dienone is 2. The molecular weight excluding hydrogens is 358 g/mol. The average Bonchev–Trinajstić information content (AvgIpc) is 3.05. The number of esters is 1. The summed E-state index contributed by atoms with van der Waals surface area (Å²) in [6, 6.07) is 2.31. The Hall–Kier alpha value is -1.64. The highest BCUT2D eigenvalue weighted by atomic mass is 16.5. The summed E-state index contributed by atoms with van der Waals surface area (Å²) in [5, 5.41) is 0. The molecule has 3 nitrogen and oxygen atoms in total. The second-order valence-electron chi connectivity index (χ2n) is 10.0. The zero-order valence-electron chi connectivity index (χ0n) is 18.5. The van der Waals surface area contributed by atoms with Crippen molar-refractivity contribution >= 4 is 11.5 Å². The third-order valence-corrected chi connectivity index (χ3v) is 8.11. The van der Waals surface area contributed by atoms with Crippen molar-refractivity contribution in [2.75, 3.05) is 6.61 Å². The summed E-state index contributed by atoms with van der Waals surface area (Å²) >= 11 is 0. The number of fused-ring (bicyclic) bond motifs is 3. The third-order valence-electron chi connectivity index (χ3n) is 8.11. The first-order valence-corrected chi connectivity index (χ1v) is 11.8. The minimum absolute atomic E-state index is 0.0271. The van der Waals surface area contributed by atoms with Gasteiger partial charge in [-0.05, 0) is 104 Å². The molecule has 29 heavy (non-hydrogen) atoms. The van der Waals surface area contributed by atoms with Gasteiger partial charge in [0.1, 0.15) is 0 Å². The topological polar surface area (TPSA) is 39.2 Å². The quantitative estimate of drug-likeness (QED) is 0.415. The number of carbonyl (C=O) groups is 1. The van der Waals surface area contributed by atoms with Crippen LogP contribution >= 0.6 is 0 Å². The largest absolute Gasteiger partial charge is 0.466 e. The minimum Gasteiger partial charge on any atom is -0.466 e. The fourth-order valence-electron chi connectivity index (χ4n) is 6.60. The predicted molar refractivity (Wildman–Crippen MR) is 117 cm³/mol. The number of aromatic nitrogens is 1. The average molecular weight is 396 g/mol. The van der Waals surface area contributed by atoms with Crippen molar-refractivity contribution in [2.45, 2.75) is 78.6 Å². The van der Waals surface area contributed by atoms with Gasteiger partial charge in [0, 0.05) is 18.8 Å². The molecule has 3 aliphatic carbocycles. The molecule has 0 unspecified atom stereocenters. The molecule has 1 aromatic rings. The lowest BCUT2D eigenvalue weighted by molar-refractivity contribution is -0.145. The molecular formula is C26H37NO2. The zero-order chi connectivity index (χ0) is 20.4. The number of pyridine rings is 1. The SMILES string of the molecule is CCCCOC(=O)C[C@@H]1CC[C@@H]2[C@H](CC[C@]3(C)C(c4cncc(C)c4)=CC[C@@H]23)C1. The van der Waals surface area contributed by atoms with E-state index in [4.69, 9.17) is 4.74 Å². The van der Waals surface area contributed by atoms with Crippen molar-refractivity contribution in [3.63, 3.8) is 0 Å². The molecule has 2 saturated carbocycles. The van der Waals surface area contributed by atoms with Crippen molar-refractivity contribution in [3.8, 4) is 0 Å². The maximum atomic E-state index is 12.2. The van der Waals surface area contributed by atoms with Crippen LogP contribution in [0.1, 0.15) is 82.8 Å². The Bertz CT molecular complexity index is 770. The molecule has 1 heterocycles. The Kier molecular flexibility index (Phi) is 6.13. The van der Waals surface area contributed by atoms with E-state index >= 15 is 0 Å². The monoisotopic (exact) mass is 395 g/mol. The Balaban J connectivity index is 1.39. The first-order chi connectivity index (χ1) is 14.0. The summed E-state index contributed by atoms with van der Waals surface area (Å²) < 4.78 is 5.43. The molecule has 0 saturated heterocycles. The molecule has 3 aliphatic rings. The summed E-state index contributed by atoms with van der Waals surface area (Å²) in [5.74, 6) is 2.92. The maximum Gasteiger partial charge on any atom is 0.306 e. The van der Waals surface area contributed by atoms with E-state index in [1.54, 1.807) is 5.57 Å². The van der Waals surface area contributed by atoms with Crippen LogP contribution in [0.15, 0.2) is 24.5 Å². The van der Waals surface area contributed by atoms with Crippen LogP contribution in [0.2, 0.25) is 0 Å². The Morgan fingerprint density at radius 2 is 2.14 bits per heavy atom. The van der Waals surface area contributed by atoms with Crippen molar-refractivity contribution in [1.29, 1.82) is 0 Å². The molecule has 158 valence electrons. The standard InChI is InChI=1S/C26H37NO2/c1-4-5-12-29-25(28)15-19-6-7-22-20(14-19)10-11-26(3)23(8-9-24(22)26)21-13-18(2)16-27-17-21/h8,13,16-17,19-20,22,24H,4-7,9-12,14-15H2,1-3H3/t19-,20-,22-,24+,26-/m1/s1. The van der Waals surface area contributed by atoms with Crippen molar-refractivity contribution in [2.24, 2.45) is 29.1 Å². The van der Waals surface area contributed by atoms with E-state index in [0.717, 1.165) is 30.6 Å². The van der Waals surface area contributed by atoms with Crippen LogP contribution in [0.3, 0.4) is 0 Å². The molecule has 0 N–H and O–H groups in total. The van der Waals surface area contributed by atoms with E-state index in [0.29, 0.717) is 24.4 Å². The normalized spacial score (nSPS) is 33.6. The molecule has 1 aromatic heterocycles. The van der Waals surface area contributed by atoms with Gasteiger partial charge in [-0.3, -0.25) is 9.78 Å². The lowest BCUT2D eigenvalue weighted by atomic mass is 9.53. The molecule has 0 bridgehead atoms. The minimum atomic E-state index is 0.0271. The van der Waals surface area contributed by atoms with E-state index in [-0.39, 0.29) is 5.97 Å². The highest BCUT2D eigenvalue weighted by molar-refractivity contribution is 5.73. The van der Waals surface area contributed by atoms with E-state index < -0.39 is 0 Å². The number of hydrogen-bond acceptors (Lipinski definition) is 3. The Morgan fingerprint density at radius 3 is 2.93 bits per heavy atom. The van der Waals surface area contributed by atoms with Gasteiger partial charge in [0.25, 0.3) is 0 Å². The highest BCUT2D eigenvalue weighted by Gasteiger charge is 2.51. The molecule has 4 rings (SSSR count). The van der Waals surface area contributed by atoms with Crippen LogP contribution in [0, 0.1) is 36.0 Å². The van der Waals surface area contributed by atoms with Gasteiger partial charge in [-0.25, -0.2) is 0 Å². The van der Waals surface area contributed by atoms with E-state index in [9.17, 15) is 4.79 Å². The second kappa shape index (κ2) is 8.62. The fraction of sp³-hybridized carbons (Fsp3) is 0.692. The fourth-order valence-corrected chi connectivity index (χ4v) is 6.60. The highest BCUT2D eigenvalue weighted by Crippen LogP contribution is 2.62. The van der Waals surface area contributed by atoms with Crippen molar-refractivity contribution in [1.82, 2.24) is 4.98 Å². The van der Waals surface area contributed by atoms with Crippen LogP contribution in [-0.2, 0) is 9.53 Å². The second-order valence-corrected chi connectivity index (χ2v) is 10.0. The Labute approximate surface area is 176 Å². The molecule has 3 heteroatoms. The number of unbranched alkanes of at least 4 members (excludes halogenated alkanes) is 1. The molecule has 2 fully saturated rings. The van der Waals surface area contributed by atoms with Crippen molar-refractivity contribution in [3.05, 3.63) is 35.7 Å². The smallest absolute Gasteiger partial charge is 0.306 e. The van der Waals surface area contributed by atoms with Gasteiger partial charge < -0.3 is 4.74 Å². The van der Waals surface area contributed by atoms with Gasteiger partial charge in [-0.2, -0.15) is 0 Å². The first-order valence-electron chi connectivity index (χ1n) is 11.8. The summed E-state index contributed by atoms with van der Waals surface area (Å²) in [6.07, 6.45) is 16.7. The van der Waals surface area contributed by atoms with Crippen LogP contribution in [0.5, 0.6) is 0 Å². The number of ether oxygens (including phenoxy) is 1. The van der Waals surface area contributed by atoms with Crippen LogP contribution in [0.4, 0.5) is 0 Å². The van der Waals surface area contributed by atoms with E-state index in [1.807, 2.05) is 6.20 Å². The van der Waals surface area contributed by atoms with Crippen LogP contribution < -0.4 is 0 Å². The molecule has 0 aromatic carbocycles. The predicted octanol–water partition coefficient (Wildman–Crippen LogP) is 6.36. The number of hydrogen-bond donors (Lipinski definition) is 0. The van der Waals surface area contributed by atoms with Gasteiger partial charge in [-0.1, -0.05) is 26.3 Å². The molecule has 0 aliphatic heterocycles. The lowest BCUT2D eigenvalue weighted by Crippen LogP contribution is -2.42. The van der Waals surface area contributed by atoms with Gasteiger partial charge in [0.05, 0.1) is 6.61 Å². The van der Waals surface area contributed by atoms with Crippen LogP contribution in [0.25, 0.3) is 5.57 Å². The number of nitrogens with zero attached hydrogens (tertiary/aromatic N) is 1. The number of rotatable bonds is 6. The summed E-state index contributed by atoms with van der Waals surface area (Å²) in [6.45, 7) is 7.37.